The van der Waals surface area contributed by atoms with Gasteiger partial charge in [0.2, 0.25) is 0 Å². The zero-order chi connectivity index (χ0) is 29.7. The lowest BCUT2D eigenvalue weighted by molar-refractivity contribution is 0.341. The number of hydrogen-bond acceptors (Lipinski definition) is 2. The van der Waals surface area contributed by atoms with Gasteiger partial charge in [0.05, 0.1) is 12.3 Å². The number of rotatable bonds is 11. The Morgan fingerprint density at radius 1 is 0.488 bits per heavy atom. The highest BCUT2D eigenvalue weighted by Crippen LogP contribution is 2.42. The Labute approximate surface area is 256 Å². The minimum absolute atomic E-state index is 0.602. The molecular weight excluding hydrogens is 522 g/mol. The molecule has 43 heavy (non-hydrogen) atoms. The van der Waals surface area contributed by atoms with Gasteiger partial charge in [0.25, 0.3) is 0 Å². The van der Waals surface area contributed by atoms with E-state index in [1.54, 1.807) is 0 Å². The number of ether oxygens (including phenoxy) is 1. The molecule has 0 N–H and O–H groups in total. The first kappa shape index (κ1) is 29.2. The van der Waals surface area contributed by atoms with Gasteiger partial charge in [-0.25, -0.2) is 0 Å². The predicted molar refractivity (Wildman–Crippen MR) is 186 cm³/mol. The van der Waals surface area contributed by atoms with Crippen LogP contribution in [0.25, 0.3) is 24.3 Å². The topological polar surface area (TPSA) is 12.5 Å². The van der Waals surface area contributed by atoms with Crippen LogP contribution in [0.4, 0.5) is 17.1 Å². The molecule has 0 aliphatic heterocycles. The van der Waals surface area contributed by atoms with Crippen molar-refractivity contribution in [1.29, 1.82) is 0 Å². The molecule has 212 valence electrons. The average Bonchev–Trinajstić information content (AvgIpc) is 3.05. The molecule has 0 radical (unpaired) electrons. The molecule has 0 bridgehead atoms. The molecular formula is C41H37NO. The van der Waals surface area contributed by atoms with Crippen LogP contribution < -0.4 is 9.64 Å². The van der Waals surface area contributed by atoms with Crippen LogP contribution in [0.3, 0.4) is 0 Å². The summed E-state index contributed by atoms with van der Waals surface area (Å²) >= 11 is 0. The van der Waals surface area contributed by atoms with Gasteiger partial charge in [-0.3, -0.25) is 0 Å². The van der Waals surface area contributed by atoms with Crippen molar-refractivity contribution in [3.8, 4) is 5.75 Å². The highest BCUT2D eigenvalue weighted by Gasteiger charge is 2.19. The fourth-order valence-electron chi connectivity index (χ4n) is 4.86. The molecule has 0 atom stereocenters. The molecule has 0 aliphatic carbocycles. The van der Waals surface area contributed by atoms with Crippen molar-refractivity contribution >= 4 is 41.4 Å². The molecule has 2 nitrogen and oxygen atoms in total. The van der Waals surface area contributed by atoms with E-state index in [9.17, 15) is 0 Å². The monoisotopic (exact) mass is 559 g/mol. The SMILES string of the molecule is CCOc1cccc(C)c1N(c1ccc(/C=C/C=C/c2ccccc2)cc1)c1ccc(/C=C/C=C/c2ccccc2)cc1. The maximum atomic E-state index is 6.11. The fourth-order valence-corrected chi connectivity index (χ4v) is 4.86. The molecule has 0 aliphatic rings. The summed E-state index contributed by atoms with van der Waals surface area (Å²) in [4.78, 5) is 2.28. The van der Waals surface area contributed by atoms with Crippen LogP contribution in [0.1, 0.15) is 34.7 Å². The first-order valence-corrected chi connectivity index (χ1v) is 14.7. The van der Waals surface area contributed by atoms with Gasteiger partial charge >= 0.3 is 0 Å². The van der Waals surface area contributed by atoms with Gasteiger partial charge in [0.15, 0.2) is 0 Å². The van der Waals surface area contributed by atoms with Crippen molar-refractivity contribution in [2.24, 2.45) is 0 Å². The van der Waals surface area contributed by atoms with E-state index in [2.05, 4.69) is 145 Å². The molecule has 2 heteroatoms. The molecule has 5 aromatic rings. The summed E-state index contributed by atoms with van der Waals surface area (Å²) in [5.41, 5.74) is 8.99. The van der Waals surface area contributed by atoms with Crippen molar-refractivity contribution in [3.63, 3.8) is 0 Å². The van der Waals surface area contributed by atoms with Crippen LogP contribution in [0.2, 0.25) is 0 Å². The molecule has 0 amide bonds. The third kappa shape index (κ3) is 8.12. The number of anilines is 3. The zero-order valence-corrected chi connectivity index (χ0v) is 24.8. The quantitative estimate of drug-likeness (QED) is 0.149. The second-order valence-electron chi connectivity index (χ2n) is 10.1. The number of allylic oxidation sites excluding steroid dienone is 4. The van der Waals surface area contributed by atoms with Gasteiger partial charge in [-0.15, -0.1) is 0 Å². The van der Waals surface area contributed by atoms with Crippen LogP contribution in [0.5, 0.6) is 5.75 Å². The molecule has 0 spiro atoms. The summed E-state index contributed by atoms with van der Waals surface area (Å²) in [5, 5.41) is 0. The van der Waals surface area contributed by atoms with Crippen molar-refractivity contribution in [3.05, 3.63) is 180 Å². The summed E-state index contributed by atoms with van der Waals surface area (Å²) in [6, 6.07) is 44.2. The minimum atomic E-state index is 0.602. The van der Waals surface area contributed by atoms with E-state index in [1.807, 2.05) is 49.4 Å². The summed E-state index contributed by atoms with van der Waals surface area (Å²) in [7, 11) is 0. The molecule has 0 unspecified atom stereocenters. The largest absolute Gasteiger partial charge is 0.492 e. The number of aryl methyl sites for hydroxylation is 1. The second kappa shape index (κ2) is 15.0. The molecule has 5 rings (SSSR count). The Hall–Kier alpha value is -5.34. The molecule has 5 aromatic carbocycles. The molecule has 0 saturated carbocycles. The maximum absolute atomic E-state index is 6.11. The van der Waals surface area contributed by atoms with Crippen LogP contribution in [0, 0.1) is 6.92 Å². The molecule has 0 saturated heterocycles. The summed E-state index contributed by atoms with van der Waals surface area (Å²) in [5.74, 6) is 0.868. The Morgan fingerprint density at radius 3 is 1.33 bits per heavy atom. The van der Waals surface area contributed by atoms with Crippen molar-refractivity contribution in [2.45, 2.75) is 13.8 Å². The highest BCUT2D eigenvalue weighted by molar-refractivity contribution is 5.83. The number of benzene rings is 5. The fraction of sp³-hybridized carbons (Fsp3) is 0.0732. The lowest BCUT2D eigenvalue weighted by Gasteiger charge is -2.29. The average molecular weight is 560 g/mol. The van der Waals surface area contributed by atoms with E-state index in [-0.39, 0.29) is 0 Å². The molecule has 0 fully saturated rings. The van der Waals surface area contributed by atoms with E-state index in [1.165, 1.54) is 11.1 Å². The van der Waals surface area contributed by atoms with Gasteiger partial charge < -0.3 is 9.64 Å². The second-order valence-corrected chi connectivity index (χ2v) is 10.1. The van der Waals surface area contributed by atoms with Crippen molar-refractivity contribution in [1.82, 2.24) is 0 Å². The smallest absolute Gasteiger partial charge is 0.143 e. The predicted octanol–water partition coefficient (Wildman–Crippen LogP) is 11.3. The third-order valence-electron chi connectivity index (χ3n) is 7.00. The summed E-state index contributed by atoms with van der Waals surface area (Å²) in [6.45, 7) is 4.76. The highest BCUT2D eigenvalue weighted by atomic mass is 16.5. The Morgan fingerprint density at radius 2 is 0.907 bits per heavy atom. The maximum Gasteiger partial charge on any atom is 0.143 e. The van der Waals surface area contributed by atoms with Crippen LogP contribution in [0.15, 0.2) is 152 Å². The molecule has 0 heterocycles. The molecule has 0 aromatic heterocycles. The Balaban J connectivity index is 1.40. The lowest BCUT2D eigenvalue weighted by atomic mass is 10.1. The van der Waals surface area contributed by atoms with Crippen molar-refractivity contribution < 1.29 is 4.74 Å². The third-order valence-corrected chi connectivity index (χ3v) is 7.00. The van der Waals surface area contributed by atoms with E-state index < -0.39 is 0 Å². The van der Waals surface area contributed by atoms with Crippen molar-refractivity contribution in [2.75, 3.05) is 11.5 Å². The summed E-state index contributed by atoms with van der Waals surface area (Å²) < 4.78 is 6.11. The number of hydrogen-bond donors (Lipinski definition) is 0. The van der Waals surface area contributed by atoms with Crippen LogP contribution in [-0.4, -0.2) is 6.61 Å². The lowest BCUT2D eigenvalue weighted by Crippen LogP contribution is -2.13. The van der Waals surface area contributed by atoms with Crippen LogP contribution in [-0.2, 0) is 0 Å². The van der Waals surface area contributed by atoms with E-state index in [0.29, 0.717) is 6.61 Å². The van der Waals surface area contributed by atoms with E-state index in [0.717, 1.165) is 39.5 Å². The normalized spacial score (nSPS) is 11.7. The Bertz CT molecular complexity index is 1590. The first-order chi connectivity index (χ1) is 21.2. The van der Waals surface area contributed by atoms with Gasteiger partial charge in [0.1, 0.15) is 5.75 Å². The first-order valence-electron chi connectivity index (χ1n) is 14.7. The standard InChI is InChI=1S/C41H37NO/c1-3-43-40-24-14-15-33(2)41(40)42(38-29-25-36(26-30-38)22-12-10-20-34-16-6-4-7-17-34)39-31-27-37(28-32-39)23-13-11-21-35-18-8-5-9-19-35/h4-32H,3H2,1-2H3/b20-10+,21-11+,22-12+,23-13+. The van der Waals surface area contributed by atoms with Gasteiger partial charge in [-0.05, 0) is 72.0 Å². The Kier molecular flexibility index (Phi) is 10.2. The van der Waals surface area contributed by atoms with Gasteiger partial charge in [-0.1, -0.05) is 146 Å². The number of nitrogens with zero attached hydrogens (tertiary/aromatic N) is 1. The summed E-state index contributed by atoms with van der Waals surface area (Å²) in [6.07, 6.45) is 16.8. The van der Waals surface area contributed by atoms with E-state index in [4.69, 9.17) is 4.74 Å². The number of para-hydroxylation sites is 1. The van der Waals surface area contributed by atoms with Crippen LogP contribution >= 0.6 is 0 Å². The van der Waals surface area contributed by atoms with Gasteiger partial charge in [-0.2, -0.15) is 0 Å². The minimum Gasteiger partial charge on any atom is -0.492 e. The zero-order valence-electron chi connectivity index (χ0n) is 24.8. The van der Waals surface area contributed by atoms with Gasteiger partial charge in [0, 0.05) is 11.4 Å². The van der Waals surface area contributed by atoms with E-state index >= 15 is 0 Å².